The van der Waals surface area contributed by atoms with E-state index in [1.807, 2.05) is 0 Å². The summed E-state index contributed by atoms with van der Waals surface area (Å²) in [7, 11) is -3.24. The van der Waals surface area contributed by atoms with Crippen LogP contribution in [0.25, 0.3) is 0 Å². The topological polar surface area (TPSA) is 74.2 Å². The SMILES string of the molecule is CCOP(=O)(COc1cccc(N=O)c1)OCC. The van der Waals surface area contributed by atoms with Gasteiger partial charge >= 0.3 is 7.60 Å². The Morgan fingerprint density at radius 2 is 1.89 bits per heavy atom. The van der Waals surface area contributed by atoms with Gasteiger partial charge in [0.2, 0.25) is 0 Å². The Bertz CT molecular complexity index is 427. The van der Waals surface area contributed by atoms with Crippen LogP contribution in [0.15, 0.2) is 29.4 Å². The molecule has 18 heavy (non-hydrogen) atoms. The molecule has 0 radical (unpaired) electrons. The zero-order valence-electron chi connectivity index (χ0n) is 10.4. The van der Waals surface area contributed by atoms with Crippen molar-refractivity contribution in [3.63, 3.8) is 0 Å². The van der Waals surface area contributed by atoms with E-state index in [-0.39, 0.29) is 25.2 Å². The van der Waals surface area contributed by atoms with Gasteiger partial charge in [-0.3, -0.25) is 4.57 Å². The van der Waals surface area contributed by atoms with Gasteiger partial charge in [0.1, 0.15) is 11.4 Å². The van der Waals surface area contributed by atoms with E-state index >= 15 is 0 Å². The maximum Gasteiger partial charge on any atom is 0.367 e. The third kappa shape index (κ3) is 4.56. The molecule has 100 valence electrons. The third-order valence-corrected chi connectivity index (χ3v) is 3.71. The molecule has 0 spiro atoms. The molecule has 0 aliphatic rings. The van der Waals surface area contributed by atoms with E-state index in [4.69, 9.17) is 13.8 Å². The summed E-state index contributed by atoms with van der Waals surface area (Å²) in [6.07, 6.45) is -0.197. The fourth-order valence-corrected chi connectivity index (χ4v) is 2.61. The van der Waals surface area contributed by atoms with Crippen molar-refractivity contribution < 1.29 is 18.3 Å². The summed E-state index contributed by atoms with van der Waals surface area (Å²) >= 11 is 0. The molecule has 6 nitrogen and oxygen atoms in total. The minimum Gasteiger partial charge on any atom is -0.481 e. The van der Waals surface area contributed by atoms with Crippen LogP contribution in [0.4, 0.5) is 5.69 Å². The summed E-state index contributed by atoms with van der Waals surface area (Å²) in [6, 6.07) is 6.26. The average Bonchev–Trinajstić information content (AvgIpc) is 2.37. The number of ether oxygens (including phenoxy) is 1. The lowest BCUT2D eigenvalue weighted by Crippen LogP contribution is -2.05. The fourth-order valence-electron chi connectivity index (χ4n) is 1.29. The van der Waals surface area contributed by atoms with Gasteiger partial charge in [-0.15, -0.1) is 4.91 Å². The summed E-state index contributed by atoms with van der Waals surface area (Å²) in [6.45, 7) is 4.00. The third-order valence-electron chi connectivity index (χ3n) is 1.96. The lowest BCUT2D eigenvalue weighted by Gasteiger charge is -2.17. The van der Waals surface area contributed by atoms with Gasteiger partial charge in [-0.1, -0.05) is 6.07 Å². The quantitative estimate of drug-likeness (QED) is 0.533. The van der Waals surface area contributed by atoms with E-state index in [2.05, 4.69) is 5.18 Å². The van der Waals surface area contributed by atoms with Crippen LogP contribution in [0.2, 0.25) is 0 Å². The highest BCUT2D eigenvalue weighted by molar-refractivity contribution is 7.53. The van der Waals surface area contributed by atoms with Crippen molar-refractivity contribution in [1.29, 1.82) is 0 Å². The Balaban J connectivity index is 2.66. The van der Waals surface area contributed by atoms with Crippen molar-refractivity contribution in [2.24, 2.45) is 5.18 Å². The minimum atomic E-state index is -3.24. The summed E-state index contributed by atoms with van der Waals surface area (Å²) < 4.78 is 27.5. The first-order valence-electron chi connectivity index (χ1n) is 5.58. The number of nitrogens with zero attached hydrogens (tertiary/aromatic N) is 1. The molecule has 1 aromatic carbocycles. The monoisotopic (exact) mass is 273 g/mol. The Labute approximate surface area is 106 Å². The smallest absolute Gasteiger partial charge is 0.367 e. The van der Waals surface area contributed by atoms with Crippen LogP contribution in [0.5, 0.6) is 5.75 Å². The maximum absolute atomic E-state index is 12.1. The van der Waals surface area contributed by atoms with Crippen molar-refractivity contribution in [1.82, 2.24) is 0 Å². The summed E-state index contributed by atoms with van der Waals surface area (Å²) in [5.74, 6) is 0.395. The predicted octanol–water partition coefficient (Wildman–Crippen LogP) is 3.69. The van der Waals surface area contributed by atoms with Gasteiger partial charge in [-0.25, -0.2) is 0 Å². The molecule has 0 saturated heterocycles. The Kier molecular flexibility index (Phi) is 5.98. The highest BCUT2D eigenvalue weighted by Crippen LogP contribution is 2.47. The van der Waals surface area contributed by atoms with E-state index in [0.29, 0.717) is 5.75 Å². The largest absolute Gasteiger partial charge is 0.481 e. The van der Waals surface area contributed by atoms with E-state index in [0.717, 1.165) is 0 Å². The molecule has 0 unspecified atom stereocenters. The molecule has 0 atom stereocenters. The molecule has 0 aliphatic heterocycles. The van der Waals surface area contributed by atoms with Gasteiger partial charge in [-0.2, -0.15) is 0 Å². The number of nitroso groups, excluding NO2 is 1. The lowest BCUT2D eigenvalue weighted by molar-refractivity contribution is 0.197. The highest BCUT2D eigenvalue weighted by atomic mass is 31.2. The predicted molar refractivity (Wildman–Crippen MR) is 68.3 cm³/mol. The highest BCUT2D eigenvalue weighted by Gasteiger charge is 2.24. The maximum atomic E-state index is 12.1. The normalized spacial score (nSPS) is 11.2. The molecule has 0 heterocycles. The van der Waals surface area contributed by atoms with Crippen LogP contribution >= 0.6 is 7.60 Å². The Morgan fingerprint density at radius 1 is 1.22 bits per heavy atom. The first-order valence-corrected chi connectivity index (χ1v) is 7.30. The van der Waals surface area contributed by atoms with Crippen molar-refractivity contribution in [3.8, 4) is 5.75 Å². The van der Waals surface area contributed by atoms with Gasteiger partial charge in [0.25, 0.3) is 0 Å². The van der Waals surface area contributed by atoms with Gasteiger partial charge in [0.05, 0.1) is 13.2 Å². The Morgan fingerprint density at radius 3 is 2.44 bits per heavy atom. The van der Waals surface area contributed by atoms with Crippen LogP contribution in [0, 0.1) is 4.91 Å². The Hall–Kier alpha value is -1.23. The van der Waals surface area contributed by atoms with Crippen molar-refractivity contribution in [2.75, 3.05) is 19.6 Å². The van der Waals surface area contributed by atoms with Crippen LogP contribution in [0.3, 0.4) is 0 Å². The van der Waals surface area contributed by atoms with E-state index in [1.165, 1.54) is 6.07 Å². The van der Waals surface area contributed by atoms with Crippen LogP contribution in [-0.2, 0) is 13.6 Å². The van der Waals surface area contributed by atoms with Gasteiger partial charge < -0.3 is 13.8 Å². The van der Waals surface area contributed by atoms with Crippen LogP contribution in [0.1, 0.15) is 13.8 Å². The molecular formula is C11H16NO5P. The van der Waals surface area contributed by atoms with Gasteiger partial charge in [0.15, 0.2) is 6.35 Å². The molecular weight excluding hydrogens is 257 g/mol. The van der Waals surface area contributed by atoms with E-state index in [9.17, 15) is 9.47 Å². The van der Waals surface area contributed by atoms with E-state index < -0.39 is 7.60 Å². The van der Waals surface area contributed by atoms with Gasteiger partial charge in [-0.05, 0) is 31.2 Å². The first kappa shape index (κ1) is 14.8. The lowest BCUT2D eigenvalue weighted by atomic mass is 10.3. The fraction of sp³-hybridized carbons (Fsp3) is 0.455. The minimum absolute atomic E-state index is 0.197. The van der Waals surface area contributed by atoms with Crippen molar-refractivity contribution in [2.45, 2.75) is 13.8 Å². The van der Waals surface area contributed by atoms with Crippen molar-refractivity contribution >= 4 is 13.3 Å². The van der Waals surface area contributed by atoms with Crippen molar-refractivity contribution in [3.05, 3.63) is 29.2 Å². The zero-order valence-corrected chi connectivity index (χ0v) is 11.3. The van der Waals surface area contributed by atoms with Crippen LogP contribution < -0.4 is 4.74 Å². The number of benzene rings is 1. The first-order chi connectivity index (χ1) is 8.63. The molecule has 0 fully saturated rings. The number of hydrogen-bond donors (Lipinski definition) is 0. The van der Waals surface area contributed by atoms with Gasteiger partial charge in [0, 0.05) is 6.07 Å². The molecule has 0 bridgehead atoms. The average molecular weight is 273 g/mol. The molecule has 0 N–H and O–H groups in total. The number of rotatable bonds is 8. The summed E-state index contributed by atoms with van der Waals surface area (Å²) in [5.41, 5.74) is 0.246. The molecule has 0 amide bonds. The molecule has 7 heteroatoms. The second-order valence-electron chi connectivity index (χ2n) is 3.31. The second-order valence-corrected chi connectivity index (χ2v) is 5.30. The second kappa shape index (κ2) is 7.26. The molecule has 1 aromatic rings. The summed E-state index contributed by atoms with van der Waals surface area (Å²) in [5, 5.41) is 2.79. The standard InChI is InChI=1S/C11H16NO5P/c1-3-16-18(14,17-4-2)9-15-11-7-5-6-10(8-11)12-13/h5-8H,3-4,9H2,1-2H3. The molecule has 1 rings (SSSR count). The molecule has 0 aromatic heterocycles. The molecule has 0 saturated carbocycles. The number of hydrogen-bond acceptors (Lipinski definition) is 6. The molecule has 0 aliphatic carbocycles. The summed E-state index contributed by atoms with van der Waals surface area (Å²) in [4.78, 5) is 10.4. The van der Waals surface area contributed by atoms with E-state index in [1.54, 1.807) is 32.0 Å². The van der Waals surface area contributed by atoms with Crippen LogP contribution in [-0.4, -0.2) is 19.6 Å². The zero-order chi connectivity index (χ0) is 13.4.